The van der Waals surface area contributed by atoms with E-state index in [-0.39, 0.29) is 30.2 Å². The maximum Gasteiger partial charge on any atom is 0.251 e. The fourth-order valence-corrected chi connectivity index (χ4v) is 9.83. The molecule has 5 rings (SSSR count). The molecule has 1 aromatic carbocycles. The topological polar surface area (TPSA) is 81.2 Å². The van der Waals surface area contributed by atoms with Crippen molar-refractivity contribution in [3.8, 4) is 0 Å². The summed E-state index contributed by atoms with van der Waals surface area (Å²) in [6.45, 7) is 11.3. The minimum absolute atomic E-state index is 0.0361. The number of aliphatic hydroxyl groups excluding tert-OH is 1. The van der Waals surface area contributed by atoms with Crippen LogP contribution in [0.15, 0.2) is 42.5 Å². The Labute approximate surface area is 246 Å². The lowest BCUT2D eigenvalue weighted by molar-refractivity contribution is -0.145. The molecular formula is C31H40ClN3O4S. The van der Waals surface area contributed by atoms with Gasteiger partial charge in [0, 0.05) is 24.4 Å². The number of hydrogen-bond acceptors (Lipinski definition) is 5. The molecule has 1 unspecified atom stereocenters. The Hall–Kier alpha value is -2.29. The van der Waals surface area contributed by atoms with Crippen molar-refractivity contribution in [1.82, 2.24) is 9.80 Å². The number of aryl methyl sites for hydroxylation is 1. The molecule has 0 bridgehead atoms. The van der Waals surface area contributed by atoms with Gasteiger partial charge in [0.25, 0.3) is 5.91 Å². The number of nitrogens with zero attached hydrogens (tertiary/aromatic N) is 3. The lowest BCUT2D eigenvalue weighted by Crippen LogP contribution is -2.57. The van der Waals surface area contributed by atoms with Gasteiger partial charge < -0.3 is 19.8 Å². The van der Waals surface area contributed by atoms with Crippen molar-refractivity contribution in [1.29, 1.82) is 0 Å². The second-order valence-electron chi connectivity index (χ2n) is 12.2. The number of hydrogen-bond donors (Lipinski definition) is 1. The maximum absolute atomic E-state index is 14.8. The number of rotatable bonds is 7. The molecule has 4 aliphatic rings. The highest BCUT2D eigenvalue weighted by Gasteiger charge is 2.74. The Balaban J connectivity index is 1.69. The fourth-order valence-electron chi connectivity index (χ4n) is 7.36. The standard InChI is InChI=1S/C31H40ClN3O4S/c1-6-14-33-15-8-12-30(5)23(27(33)37)24-28(38)35(21(18-36)17-19(2)3)26-29(39)34(16-9-13-31(24,26)40-30)25-20(4)10-7-11-22(25)32/h7-13,19,21,23-24,26,36H,6,14-18H2,1-5H3/t21-,23+,24+,26?,30-,31+/m1/s1. The van der Waals surface area contributed by atoms with Crippen LogP contribution in [-0.2, 0) is 14.4 Å². The number of fused-ring (bicyclic) bond motifs is 2. The van der Waals surface area contributed by atoms with Crippen LogP contribution in [0.4, 0.5) is 5.69 Å². The normalized spacial score (nSPS) is 32.4. The zero-order valence-corrected chi connectivity index (χ0v) is 25.5. The molecule has 9 heteroatoms. The third kappa shape index (κ3) is 4.42. The van der Waals surface area contributed by atoms with Crippen LogP contribution < -0.4 is 4.90 Å². The maximum atomic E-state index is 14.8. The van der Waals surface area contributed by atoms with Gasteiger partial charge in [-0.2, -0.15) is 0 Å². The predicted octanol–water partition coefficient (Wildman–Crippen LogP) is 4.45. The van der Waals surface area contributed by atoms with E-state index in [9.17, 15) is 19.5 Å². The minimum Gasteiger partial charge on any atom is -0.394 e. The first-order valence-corrected chi connectivity index (χ1v) is 15.5. The number of carbonyl (C=O) groups excluding carboxylic acids is 3. The molecule has 1 aromatic rings. The Kier molecular flexibility index (Phi) is 7.92. The molecule has 0 aliphatic carbocycles. The summed E-state index contributed by atoms with van der Waals surface area (Å²) in [4.78, 5) is 48.8. The van der Waals surface area contributed by atoms with Crippen LogP contribution in [0.5, 0.6) is 0 Å². The van der Waals surface area contributed by atoms with Gasteiger partial charge in [0.05, 0.1) is 39.9 Å². The second-order valence-corrected chi connectivity index (χ2v) is 14.4. The van der Waals surface area contributed by atoms with Gasteiger partial charge >= 0.3 is 0 Å². The molecule has 2 fully saturated rings. The molecule has 2 saturated heterocycles. The van der Waals surface area contributed by atoms with Crippen molar-refractivity contribution < 1.29 is 19.5 Å². The van der Waals surface area contributed by atoms with Gasteiger partial charge in [-0.1, -0.05) is 68.8 Å². The molecular weight excluding hydrogens is 546 g/mol. The van der Waals surface area contributed by atoms with Crippen molar-refractivity contribution in [2.45, 2.75) is 69.0 Å². The zero-order chi connectivity index (χ0) is 29.0. The van der Waals surface area contributed by atoms with Crippen molar-refractivity contribution in [2.75, 3.05) is 31.1 Å². The van der Waals surface area contributed by atoms with Gasteiger partial charge in [0.15, 0.2) is 0 Å². The second kappa shape index (κ2) is 10.8. The number of thioether (sulfide) groups is 1. The molecule has 0 aromatic heterocycles. The van der Waals surface area contributed by atoms with Crippen LogP contribution in [-0.4, -0.2) is 80.4 Å². The summed E-state index contributed by atoms with van der Waals surface area (Å²) in [6, 6.07) is 4.12. The summed E-state index contributed by atoms with van der Waals surface area (Å²) < 4.78 is -1.62. The van der Waals surface area contributed by atoms with Gasteiger partial charge in [-0.15, -0.1) is 11.8 Å². The van der Waals surface area contributed by atoms with Crippen molar-refractivity contribution in [2.24, 2.45) is 17.8 Å². The highest BCUT2D eigenvalue weighted by Crippen LogP contribution is 2.66. The molecule has 216 valence electrons. The smallest absolute Gasteiger partial charge is 0.251 e. The largest absolute Gasteiger partial charge is 0.394 e. The van der Waals surface area contributed by atoms with E-state index < -0.39 is 33.4 Å². The molecule has 1 spiro atoms. The Morgan fingerprint density at radius 1 is 1.07 bits per heavy atom. The first kappa shape index (κ1) is 29.2. The van der Waals surface area contributed by atoms with E-state index in [1.165, 1.54) is 0 Å². The summed E-state index contributed by atoms with van der Waals surface area (Å²) >= 11 is 8.23. The lowest BCUT2D eigenvalue weighted by atomic mass is 9.74. The van der Waals surface area contributed by atoms with E-state index in [1.807, 2.05) is 69.9 Å². The average molecular weight is 586 g/mol. The van der Waals surface area contributed by atoms with Crippen molar-refractivity contribution in [3.63, 3.8) is 0 Å². The van der Waals surface area contributed by atoms with Gasteiger partial charge in [-0.3, -0.25) is 14.4 Å². The van der Waals surface area contributed by atoms with E-state index in [1.54, 1.807) is 27.6 Å². The number of likely N-dealkylation sites (tertiary alicyclic amines) is 1. The molecule has 6 atom stereocenters. The van der Waals surface area contributed by atoms with Crippen LogP contribution in [0.25, 0.3) is 0 Å². The Morgan fingerprint density at radius 3 is 2.45 bits per heavy atom. The number of para-hydroxylation sites is 1. The number of halogens is 1. The molecule has 0 saturated carbocycles. The van der Waals surface area contributed by atoms with Crippen LogP contribution >= 0.6 is 23.4 Å². The predicted molar refractivity (Wildman–Crippen MR) is 160 cm³/mol. The minimum atomic E-state index is -0.961. The summed E-state index contributed by atoms with van der Waals surface area (Å²) in [5, 5.41) is 11.0. The van der Waals surface area contributed by atoms with Gasteiger partial charge in [-0.05, 0) is 44.2 Å². The number of aliphatic hydroxyl groups is 1. The SMILES string of the molecule is CCCN1CC=C[C@@]2(C)S[C@]34C=CCN(c5c(C)cccc5Cl)C(=O)C3N([C@@H](CO)CC(C)C)C(=O)[C@@H]4[C@H]2C1=O. The third-order valence-electron chi connectivity index (χ3n) is 8.88. The summed E-state index contributed by atoms with van der Waals surface area (Å²) in [6.07, 6.45) is 9.46. The quantitative estimate of drug-likeness (QED) is 0.478. The molecule has 4 aliphatic heterocycles. The monoisotopic (exact) mass is 585 g/mol. The molecule has 3 amide bonds. The molecule has 0 radical (unpaired) electrons. The number of carbonyl (C=O) groups is 3. The van der Waals surface area contributed by atoms with Gasteiger partial charge in [-0.25, -0.2) is 0 Å². The average Bonchev–Trinajstić information content (AvgIpc) is 3.17. The van der Waals surface area contributed by atoms with E-state index in [4.69, 9.17) is 11.6 Å². The molecule has 40 heavy (non-hydrogen) atoms. The highest BCUT2D eigenvalue weighted by molar-refractivity contribution is 8.02. The number of amides is 3. The van der Waals surface area contributed by atoms with Crippen molar-refractivity contribution in [3.05, 3.63) is 53.1 Å². The van der Waals surface area contributed by atoms with Crippen LogP contribution in [0, 0.1) is 24.7 Å². The third-order valence-corrected chi connectivity index (χ3v) is 11.0. The number of benzene rings is 1. The zero-order valence-electron chi connectivity index (χ0n) is 24.0. The van der Waals surface area contributed by atoms with E-state index in [0.29, 0.717) is 36.8 Å². The highest BCUT2D eigenvalue weighted by atomic mass is 35.5. The molecule has 7 nitrogen and oxygen atoms in total. The Morgan fingerprint density at radius 2 is 1.80 bits per heavy atom. The lowest BCUT2D eigenvalue weighted by Gasteiger charge is -2.40. The molecule has 1 N–H and O–H groups in total. The van der Waals surface area contributed by atoms with Crippen LogP contribution in [0.1, 0.15) is 46.1 Å². The summed E-state index contributed by atoms with van der Waals surface area (Å²) in [5.41, 5.74) is 1.49. The van der Waals surface area contributed by atoms with Crippen LogP contribution in [0.2, 0.25) is 5.02 Å². The number of anilines is 1. The van der Waals surface area contributed by atoms with Gasteiger partial charge in [0.1, 0.15) is 6.04 Å². The fraction of sp³-hybridized carbons (Fsp3) is 0.581. The van der Waals surface area contributed by atoms with E-state index in [2.05, 4.69) is 6.08 Å². The van der Waals surface area contributed by atoms with E-state index >= 15 is 0 Å². The molecule has 4 heterocycles. The van der Waals surface area contributed by atoms with E-state index in [0.717, 1.165) is 12.0 Å². The Bertz CT molecular complexity index is 1250. The summed E-state index contributed by atoms with van der Waals surface area (Å²) in [7, 11) is 0. The van der Waals surface area contributed by atoms with Crippen LogP contribution in [0.3, 0.4) is 0 Å². The van der Waals surface area contributed by atoms with Crippen molar-refractivity contribution >= 4 is 46.8 Å². The first-order chi connectivity index (χ1) is 19.0. The first-order valence-electron chi connectivity index (χ1n) is 14.3. The summed E-state index contributed by atoms with van der Waals surface area (Å²) in [5.74, 6) is -1.63. The van der Waals surface area contributed by atoms with Gasteiger partial charge in [0.2, 0.25) is 11.8 Å².